The van der Waals surface area contributed by atoms with Gasteiger partial charge in [0.25, 0.3) is 5.91 Å². The van der Waals surface area contributed by atoms with E-state index in [1.165, 1.54) is 18.2 Å². The minimum absolute atomic E-state index is 0.00581. The van der Waals surface area contributed by atoms with Gasteiger partial charge < -0.3 is 9.15 Å². The highest BCUT2D eigenvalue weighted by molar-refractivity contribution is 6.03. The summed E-state index contributed by atoms with van der Waals surface area (Å²) >= 11 is 0. The van der Waals surface area contributed by atoms with Crippen molar-refractivity contribution in [2.24, 2.45) is 0 Å². The molecule has 0 aliphatic rings. The molecule has 2 aromatic carbocycles. The van der Waals surface area contributed by atoms with Crippen molar-refractivity contribution >= 4 is 11.9 Å². The summed E-state index contributed by atoms with van der Waals surface area (Å²) in [6, 6.07) is 9.44. The van der Waals surface area contributed by atoms with E-state index in [1.807, 2.05) is 0 Å². The van der Waals surface area contributed by atoms with Gasteiger partial charge in [0.05, 0.1) is 0 Å². The molecule has 0 saturated heterocycles. The average Bonchev–Trinajstić information content (AvgIpc) is 3.02. The SMILES string of the molecule is O=C(Nc1nnc(-c2cccc(F)c2)o1)c1ccc(OC(F)(F)F)cc1. The number of nitrogens with zero attached hydrogens (tertiary/aromatic N) is 2. The Balaban J connectivity index is 1.69. The summed E-state index contributed by atoms with van der Waals surface area (Å²) in [5.74, 6) is -1.64. The molecule has 26 heavy (non-hydrogen) atoms. The number of amides is 1. The van der Waals surface area contributed by atoms with E-state index in [-0.39, 0.29) is 17.5 Å². The molecule has 10 heteroatoms. The fraction of sp³-hybridized carbons (Fsp3) is 0.0625. The molecule has 3 rings (SSSR count). The molecule has 0 bridgehead atoms. The molecule has 0 spiro atoms. The second-order valence-electron chi connectivity index (χ2n) is 4.95. The fourth-order valence-electron chi connectivity index (χ4n) is 1.99. The quantitative estimate of drug-likeness (QED) is 0.705. The predicted octanol–water partition coefficient (Wildman–Crippen LogP) is 4.03. The maximum Gasteiger partial charge on any atom is 0.573 e. The molecule has 1 amide bonds. The van der Waals surface area contributed by atoms with Crippen LogP contribution in [0.5, 0.6) is 5.75 Å². The number of halogens is 4. The number of alkyl halides is 3. The van der Waals surface area contributed by atoms with Crippen LogP contribution >= 0.6 is 0 Å². The second kappa shape index (κ2) is 6.82. The van der Waals surface area contributed by atoms with Crippen molar-refractivity contribution < 1.29 is 31.5 Å². The van der Waals surface area contributed by atoms with Crippen molar-refractivity contribution in [2.75, 3.05) is 5.32 Å². The first-order valence-electron chi connectivity index (χ1n) is 7.07. The molecule has 3 aromatic rings. The summed E-state index contributed by atoms with van der Waals surface area (Å²) in [5, 5.41) is 9.59. The fourth-order valence-corrected chi connectivity index (χ4v) is 1.99. The second-order valence-corrected chi connectivity index (χ2v) is 4.95. The van der Waals surface area contributed by atoms with Crippen molar-refractivity contribution in [1.82, 2.24) is 10.2 Å². The van der Waals surface area contributed by atoms with Gasteiger partial charge in [0, 0.05) is 11.1 Å². The number of ether oxygens (including phenoxy) is 1. The Morgan fingerprint density at radius 1 is 1.08 bits per heavy atom. The van der Waals surface area contributed by atoms with Gasteiger partial charge in [-0.1, -0.05) is 11.2 Å². The third-order valence-corrected chi connectivity index (χ3v) is 3.07. The first-order valence-corrected chi connectivity index (χ1v) is 7.07. The summed E-state index contributed by atoms with van der Waals surface area (Å²) in [7, 11) is 0. The van der Waals surface area contributed by atoms with E-state index in [0.717, 1.165) is 24.3 Å². The van der Waals surface area contributed by atoms with Crippen LogP contribution in [0.4, 0.5) is 23.6 Å². The largest absolute Gasteiger partial charge is 0.573 e. The predicted molar refractivity (Wildman–Crippen MR) is 80.8 cm³/mol. The number of hydrogen-bond donors (Lipinski definition) is 1. The lowest BCUT2D eigenvalue weighted by Crippen LogP contribution is -2.17. The number of hydrogen-bond acceptors (Lipinski definition) is 5. The van der Waals surface area contributed by atoms with Crippen LogP contribution in [0.2, 0.25) is 0 Å². The van der Waals surface area contributed by atoms with E-state index in [2.05, 4.69) is 20.3 Å². The zero-order chi connectivity index (χ0) is 18.7. The van der Waals surface area contributed by atoms with Crippen LogP contribution < -0.4 is 10.1 Å². The van der Waals surface area contributed by atoms with E-state index in [4.69, 9.17) is 4.42 Å². The molecule has 1 N–H and O–H groups in total. The normalized spacial score (nSPS) is 11.2. The van der Waals surface area contributed by atoms with Crippen LogP contribution in [-0.4, -0.2) is 22.5 Å². The van der Waals surface area contributed by atoms with Crippen LogP contribution in [0.1, 0.15) is 10.4 Å². The number of nitrogens with one attached hydrogen (secondary N) is 1. The van der Waals surface area contributed by atoms with Gasteiger partial charge in [0.2, 0.25) is 5.89 Å². The third-order valence-electron chi connectivity index (χ3n) is 3.07. The van der Waals surface area contributed by atoms with Crippen molar-refractivity contribution in [3.05, 3.63) is 59.9 Å². The number of carbonyl (C=O) groups excluding carboxylic acids is 1. The van der Waals surface area contributed by atoms with Crippen molar-refractivity contribution in [1.29, 1.82) is 0 Å². The maximum absolute atomic E-state index is 13.2. The van der Waals surface area contributed by atoms with Crippen LogP contribution in [0, 0.1) is 5.82 Å². The molecule has 1 aromatic heterocycles. The monoisotopic (exact) mass is 367 g/mol. The van der Waals surface area contributed by atoms with E-state index >= 15 is 0 Å². The molecular formula is C16H9F4N3O3. The van der Waals surface area contributed by atoms with Crippen molar-refractivity contribution in [2.45, 2.75) is 6.36 Å². The zero-order valence-electron chi connectivity index (χ0n) is 12.7. The minimum atomic E-state index is -4.82. The van der Waals surface area contributed by atoms with Gasteiger partial charge in [0.15, 0.2) is 0 Å². The zero-order valence-corrected chi connectivity index (χ0v) is 12.7. The maximum atomic E-state index is 13.2. The number of rotatable bonds is 4. The molecule has 6 nitrogen and oxygen atoms in total. The lowest BCUT2D eigenvalue weighted by Gasteiger charge is -2.08. The molecule has 0 saturated carbocycles. The van der Waals surface area contributed by atoms with Gasteiger partial charge in [-0.05, 0) is 42.5 Å². The van der Waals surface area contributed by atoms with E-state index in [0.29, 0.717) is 5.56 Å². The van der Waals surface area contributed by atoms with Gasteiger partial charge >= 0.3 is 12.4 Å². The summed E-state index contributed by atoms with van der Waals surface area (Å²) in [6.45, 7) is 0. The highest BCUT2D eigenvalue weighted by Gasteiger charge is 2.31. The first-order chi connectivity index (χ1) is 12.3. The molecule has 0 aliphatic heterocycles. The van der Waals surface area contributed by atoms with Crippen molar-refractivity contribution in [3.8, 4) is 17.2 Å². The van der Waals surface area contributed by atoms with Crippen LogP contribution in [0.15, 0.2) is 52.9 Å². The minimum Gasteiger partial charge on any atom is -0.406 e. The highest BCUT2D eigenvalue weighted by atomic mass is 19.4. The highest BCUT2D eigenvalue weighted by Crippen LogP contribution is 2.24. The summed E-state index contributed by atoms with van der Waals surface area (Å²) in [6.07, 6.45) is -4.82. The summed E-state index contributed by atoms with van der Waals surface area (Å²) in [4.78, 5) is 12.0. The van der Waals surface area contributed by atoms with E-state index in [9.17, 15) is 22.4 Å². The molecule has 0 radical (unpaired) electrons. The lowest BCUT2D eigenvalue weighted by molar-refractivity contribution is -0.274. The number of aromatic nitrogens is 2. The van der Waals surface area contributed by atoms with Gasteiger partial charge in [-0.15, -0.1) is 18.3 Å². The third kappa shape index (κ3) is 4.35. The van der Waals surface area contributed by atoms with E-state index in [1.54, 1.807) is 6.07 Å². The molecular weight excluding hydrogens is 358 g/mol. The number of anilines is 1. The molecule has 0 atom stereocenters. The summed E-state index contributed by atoms with van der Waals surface area (Å²) in [5.41, 5.74) is 0.372. The van der Waals surface area contributed by atoms with Gasteiger partial charge in [-0.2, -0.15) is 0 Å². The Morgan fingerprint density at radius 2 is 1.81 bits per heavy atom. The van der Waals surface area contributed by atoms with Gasteiger partial charge in [-0.25, -0.2) is 4.39 Å². The summed E-state index contributed by atoms with van der Waals surface area (Å²) < 4.78 is 58.4. The Bertz CT molecular complexity index is 923. The number of carbonyl (C=O) groups is 1. The van der Waals surface area contributed by atoms with Crippen molar-refractivity contribution in [3.63, 3.8) is 0 Å². The Morgan fingerprint density at radius 3 is 2.46 bits per heavy atom. The average molecular weight is 367 g/mol. The molecule has 1 heterocycles. The van der Waals surface area contributed by atoms with Gasteiger partial charge in [-0.3, -0.25) is 10.1 Å². The Kier molecular flexibility index (Phi) is 4.57. The molecule has 0 aliphatic carbocycles. The van der Waals surface area contributed by atoms with Crippen LogP contribution in [0.3, 0.4) is 0 Å². The first kappa shape index (κ1) is 17.4. The van der Waals surface area contributed by atoms with Crippen LogP contribution in [0.25, 0.3) is 11.5 Å². The van der Waals surface area contributed by atoms with E-state index < -0.39 is 23.8 Å². The molecule has 0 fully saturated rings. The van der Waals surface area contributed by atoms with Crippen LogP contribution in [-0.2, 0) is 0 Å². The topological polar surface area (TPSA) is 77.3 Å². The smallest absolute Gasteiger partial charge is 0.406 e. The Labute approximate surface area is 143 Å². The molecule has 134 valence electrons. The lowest BCUT2D eigenvalue weighted by atomic mass is 10.2. The molecule has 0 unspecified atom stereocenters. The Hall–Kier alpha value is -3.43. The standard InChI is InChI=1S/C16H9F4N3O3/c17-11-3-1-2-10(8-11)14-22-23-15(25-14)21-13(24)9-4-6-12(7-5-9)26-16(18,19)20/h1-8H,(H,21,23,24). The number of benzene rings is 2. The van der Waals surface area contributed by atoms with Gasteiger partial charge in [0.1, 0.15) is 11.6 Å².